The number of hydrogen-bond donors (Lipinski definition) is 1. The van der Waals surface area contributed by atoms with Gasteiger partial charge in [0.2, 0.25) is 5.91 Å². The van der Waals surface area contributed by atoms with Crippen molar-refractivity contribution in [3.63, 3.8) is 0 Å². The Labute approximate surface area is 168 Å². The van der Waals surface area contributed by atoms with Crippen LogP contribution in [0.15, 0.2) is 38.8 Å². The average Bonchev–Trinajstić information content (AvgIpc) is 3.06. The van der Waals surface area contributed by atoms with Crippen LogP contribution in [0.3, 0.4) is 0 Å². The van der Waals surface area contributed by atoms with E-state index >= 15 is 0 Å². The Morgan fingerprint density at radius 1 is 1.22 bits per heavy atom. The maximum atomic E-state index is 11.9. The lowest BCUT2D eigenvalue weighted by atomic mass is 9.83. The predicted molar refractivity (Wildman–Crippen MR) is 110 cm³/mol. The first-order valence-electron chi connectivity index (χ1n) is 9.38. The summed E-state index contributed by atoms with van der Waals surface area (Å²) < 4.78 is 6.96. The van der Waals surface area contributed by atoms with Gasteiger partial charge in [-0.2, -0.15) is 0 Å². The molecule has 0 aliphatic carbocycles. The summed E-state index contributed by atoms with van der Waals surface area (Å²) in [5, 5.41) is 13.2. The third-order valence-corrected chi connectivity index (χ3v) is 7.51. The van der Waals surface area contributed by atoms with Gasteiger partial charge in [0.25, 0.3) is 0 Å². The summed E-state index contributed by atoms with van der Waals surface area (Å²) in [7, 11) is 1.84. The summed E-state index contributed by atoms with van der Waals surface area (Å²) in [5.74, 6) is 0.180. The molecule has 6 heteroatoms. The molecule has 1 amide bonds. The number of benzene rings is 1. The summed E-state index contributed by atoms with van der Waals surface area (Å²) in [5.41, 5.74) is 2.44. The number of aryl methyl sites for hydroxylation is 1. The molecule has 1 fully saturated rings. The molecule has 0 bridgehead atoms. The van der Waals surface area contributed by atoms with E-state index in [0.29, 0.717) is 19.3 Å². The van der Waals surface area contributed by atoms with E-state index in [4.69, 9.17) is 4.74 Å². The summed E-state index contributed by atoms with van der Waals surface area (Å²) >= 11 is 3.40. The van der Waals surface area contributed by atoms with Crippen molar-refractivity contribution in [2.75, 3.05) is 11.9 Å². The molecule has 2 unspecified atom stereocenters. The molecule has 3 heterocycles. The number of ether oxygens (including phenoxy) is 1. The fraction of sp³-hybridized carbons (Fsp3) is 0.476. The van der Waals surface area contributed by atoms with E-state index in [9.17, 15) is 9.90 Å². The largest absolute Gasteiger partial charge is 0.385 e. The fourth-order valence-corrected chi connectivity index (χ4v) is 6.30. The normalized spacial score (nSPS) is 28.3. The number of carbonyl (C=O) groups is 1. The van der Waals surface area contributed by atoms with E-state index < -0.39 is 5.60 Å². The average molecular weight is 404 g/mol. The Morgan fingerprint density at radius 3 is 2.70 bits per heavy atom. The lowest BCUT2D eigenvalue weighted by Crippen LogP contribution is -2.40. The summed E-state index contributed by atoms with van der Waals surface area (Å²) in [4.78, 5) is 14.8. The van der Waals surface area contributed by atoms with E-state index in [1.54, 1.807) is 28.0 Å². The van der Waals surface area contributed by atoms with Crippen LogP contribution in [0.2, 0.25) is 0 Å². The molecule has 1 aromatic carbocycles. The Balaban J connectivity index is 1.52. The quantitative estimate of drug-likeness (QED) is 0.815. The number of thiophene rings is 1. The highest BCUT2D eigenvalue weighted by Crippen LogP contribution is 2.43. The van der Waals surface area contributed by atoms with Crippen LogP contribution in [0.25, 0.3) is 0 Å². The number of aliphatic hydroxyl groups is 1. The second-order valence-corrected chi connectivity index (χ2v) is 9.98. The van der Waals surface area contributed by atoms with E-state index in [2.05, 4.69) is 23.6 Å². The molecule has 2 aromatic rings. The topological polar surface area (TPSA) is 49.8 Å². The smallest absolute Gasteiger partial charge is 0.227 e. The molecule has 0 saturated carbocycles. The molecular formula is C21H25NO3S2. The van der Waals surface area contributed by atoms with Crippen molar-refractivity contribution in [3.8, 4) is 0 Å². The van der Waals surface area contributed by atoms with Crippen molar-refractivity contribution >= 4 is 34.7 Å². The minimum absolute atomic E-state index is 0.0649. The van der Waals surface area contributed by atoms with Crippen molar-refractivity contribution < 1.29 is 14.6 Å². The van der Waals surface area contributed by atoms with Crippen molar-refractivity contribution in [2.24, 2.45) is 0 Å². The van der Waals surface area contributed by atoms with Crippen LogP contribution in [0.1, 0.15) is 44.2 Å². The Hall–Kier alpha value is -1.34. The molecule has 1 saturated heterocycles. The van der Waals surface area contributed by atoms with E-state index in [-0.39, 0.29) is 18.1 Å². The van der Waals surface area contributed by atoms with Crippen LogP contribution in [-0.2, 0) is 21.6 Å². The van der Waals surface area contributed by atoms with Gasteiger partial charge in [-0.1, -0.05) is 11.8 Å². The van der Waals surface area contributed by atoms with Gasteiger partial charge in [0, 0.05) is 36.9 Å². The minimum atomic E-state index is -0.800. The highest BCUT2D eigenvalue weighted by molar-refractivity contribution is 8.01. The van der Waals surface area contributed by atoms with E-state index in [1.807, 2.05) is 27.0 Å². The Kier molecular flexibility index (Phi) is 5.10. The molecule has 4 rings (SSSR count). The third-order valence-electron chi connectivity index (χ3n) is 5.44. The molecule has 1 aromatic heterocycles. The van der Waals surface area contributed by atoms with Crippen LogP contribution in [-0.4, -0.2) is 30.3 Å². The number of rotatable bonds is 3. The molecule has 2 aliphatic heterocycles. The van der Waals surface area contributed by atoms with E-state index in [1.165, 1.54) is 14.7 Å². The SMILES string of the molecule is CC1CC(O)(c2csc(Sc3ccc4c(c3)CCC(=O)N4C)c2)CC(C)O1. The van der Waals surface area contributed by atoms with Gasteiger partial charge in [0.15, 0.2) is 0 Å². The number of carbonyl (C=O) groups excluding carboxylic acids is 1. The van der Waals surface area contributed by atoms with Gasteiger partial charge in [-0.05, 0) is 61.0 Å². The Bertz CT molecular complexity index is 853. The zero-order valence-corrected chi connectivity index (χ0v) is 17.5. The zero-order chi connectivity index (χ0) is 19.2. The fourth-order valence-electron chi connectivity index (χ4n) is 4.19. The minimum Gasteiger partial charge on any atom is -0.385 e. The van der Waals surface area contributed by atoms with Crippen molar-refractivity contribution in [2.45, 2.75) is 66.4 Å². The van der Waals surface area contributed by atoms with Crippen LogP contribution in [0.4, 0.5) is 5.69 Å². The van der Waals surface area contributed by atoms with Crippen LogP contribution in [0.5, 0.6) is 0 Å². The van der Waals surface area contributed by atoms with Gasteiger partial charge < -0.3 is 14.7 Å². The van der Waals surface area contributed by atoms with Gasteiger partial charge in [0.1, 0.15) is 0 Å². The van der Waals surface area contributed by atoms with Crippen molar-refractivity contribution in [1.29, 1.82) is 0 Å². The first-order chi connectivity index (χ1) is 12.8. The number of hydrogen-bond acceptors (Lipinski definition) is 5. The summed E-state index contributed by atoms with van der Waals surface area (Å²) in [6.07, 6.45) is 2.78. The van der Waals surface area contributed by atoms with Crippen molar-refractivity contribution in [1.82, 2.24) is 0 Å². The number of amides is 1. The standard InChI is InChI=1S/C21H25NO3S2/c1-13-10-21(24,11-14(2)25-13)16-9-20(26-12-16)27-17-5-6-18-15(8-17)4-7-19(23)22(18)3/h5-6,8-9,12-14,24H,4,7,10-11H2,1-3H3. The summed E-state index contributed by atoms with van der Waals surface area (Å²) in [6, 6.07) is 8.43. The lowest BCUT2D eigenvalue weighted by Gasteiger charge is -2.38. The van der Waals surface area contributed by atoms with Crippen LogP contribution in [0, 0.1) is 0 Å². The van der Waals surface area contributed by atoms with Gasteiger partial charge in [-0.25, -0.2) is 0 Å². The number of anilines is 1. The highest BCUT2D eigenvalue weighted by Gasteiger charge is 2.38. The lowest BCUT2D eigenvalue weighted by molar-refractivity contribution is -0.135. The molecule has 1 N–H and O–H groups in total. The molecule has 2 aliphatic rings. The van der Waals surface area contributed by atoms with Crippen LogP contribution < -0.4 is 4.90 Å². The highest BCUT2D eigenvalue weighted by atomic mass is 32.2. The molecule has 2 atom stereocenters. The van der Waals surface area contributed by atoms with Gasteiger partial charge in [-0.15, -0.1) is 11.3 Å². The maximum absolute atomic E-state index is 11.9. The van der Waals surface area contributed by atoms with E-state index in [0.717, 1.165) is 17.7 Å². The molecule has 0 radical (unpaired) electrons. The Morgan fingerprint density at radius 2 is 1.96 bits per heavy atom. The summed E-state index contributed by atoms with van der Waals surface area (Å²) in [6.45, 7) is 4.05. The van der Waals surface area contributed by atoms with Gasteiger partial charge in [-0.3, -0.25) is 4.79 Å². The molecule has 144 valence electrons. The maximum Gasteiger partial charge on any atom is 0.227 e. The van der Waals surface area contributed by atoms with Gasteiger partial charge >= 0.3 is 0 Å². The third kappa shape index (κ3) is 3.81. The first kappa shape index (κ1) is 19.0. The second-order valence-electron chi connectivity index (χ2n) is 7.70. The van der Waals surface area contributed by atoms with Crippen LogP contribution >= 0.6 is 23.1 Å². The number of nitrogens with zero attached hydrogens (tertiary/aromatic N) is 1. The predicted octanol–water partition coefficient (Wildman–Crippen LogP) is 4.58. The number of fused-ring (bicyclic) bond motifs is 1. The van der Waals surface area contributed by atoms with Crippen molar-refractivity contribution in [3.05, 3.63) is 40.8 Å². The van der Waals surface area contributed by atoms with Gasteiger partial charge in [0.05, 0.1) is 22.0 Å². The molecule has 0 spiro atoms. The molecular weight excluding hydrogens is 378 g/mol. The molecule has 4 nitrogen and oxygen atoms in total. The first-order valence-corrected chi connectivity index (χ1v) is 11.1. The second kappa shape index (κ2) is 7.24. The monoisotopic (exact) mass is 403 g/mol. The zero-order valence-electron chi connectivity index (χ0n) is 15.9. The molecule has 27 heavy (non-hydrogen) atoms.